The number of benzene rings is 1. The molecule has 3 rings (SSSR count). The smallest absolute Gasteiger partial charge is 0.231 e. The Morgan fingerprint density at radius 2 is 1.94 bits per heavy atom. The van der Waals surface area contributed by atoms with Gasteiger partial charge in [0.05, 0.1) is 5.69 Å². The molecule has 2 N–H and O–H groups in total. The van der Waals surface area contributed by atoms with Crippen molar-refractivity contribution in [3.8, 4) is 22.8 Å². The highest BCUT2D eigenvalue weighted by molar-refractivity contribution is 5.65. The molecule has 5 heteroatoms. The topological polar surface area (TPSA) is 70.3 Å². The third-order valence-corrected chi connectivity index (χ3v) is 2.36. The second kappa shape index (κ2) is 3.37. The molecule has 0 saturated carbocycles. The van der Waals surface area contributed by atoms with Crippen molar-refractivity contribution in [3.05, 3.63) is 30.6 Å². The average Bonchev–Trinajstić information content (AvgIpc) is 2.75. The number of aromatic nitrogens is 2. The van der Waals surface area contributed by atoms with Crippen LogP contribution in [0.15, 0.2) is 30.6 Å². The number of hydrogen-bond acceptors (Lipinski definition) is 5. The molecule has 0 spiro atoms. The minimum atomic E-state index is 0.269. The van der Waals surface area contributed by atoms with E-state index >= 15 is 0 Å². The molecule has 0 saturated heterocycles. The molecule has 1 aliphatic heterocycles. The summed E-state index contributed by atoms with van der Waals surface area (Å²) in [7, 11) is 0. The lowest BCUT2D eigenvalue weighted by molar-refractivity contribution is 0.174. The van der Waals surface area contributed by atoms with E-state index in [1.165, 1.54) is 6.33 Å². The first-order valence-corrected chi connectivity index (χ1v) is 4.80. The predicted molar refractivity (Wildman–Crippen MR) is 58.0 cm³/mol. The second-order valence-corrected chi connectivity index (χ2v) is 3.40. The van der Waals surface area contributed by atoms with Crippen LogP contribution in [0.3, 0.4) is 0 Å². The zero-order chi connectivity index (χ0) is 11.0. The van der Waals surface area contributed by atoms with E-state index in [2.05, 4.69) is 9.97 Å². The molecular weight excluding hydrogens is 206 g/mol. The van der Waals surface area contributed by atoms with Gasteiger partial charge in [-0.1, -0.05) is 0 Å². The molecule has 0 radical (unpaired) electrons. The molecule has 0 amide bonds. The van der Waals surface area contributed by atoms with Gasteiger partial charge < -0.3 is 15.2 Å². The van der Waals surface area contributed by atoms with Crippen molar-refractivity contribution in [1.82, 2.24) is 9.97 Å². The van der Waals surface area contributed by atoms with Crippen LogP contribution in [0.25, 0.3) is 11.3 Å². The lowest BCUT2D eigenvalue weighted by Gasteiger charge is -2.02. The van der Waals surface area contributed by atoms with Gasteiger partial charge in [-0.05, 0) is 18.2 Å². The highest BCUT2D eigenvalue weighted by atomic mass is 16.7. The number of fused-ring (bicyclic) bond motifs is 1. The molecule has 0 bridgehead atoms. The van der Waals surface area contributed by atoms with Gasteiger partial charge in [-0.15, -0.1) is 0 Å². The van der Waals surface area contributed by atoms with Crippen LogP contribution in [0, 0.1) is 0 Å². The molecular formula is C11H9N3O2. The zero-order valence-corrected chi connectivity index (χ0v) is 8.38. The lowest BCUT2D eigenvalue weighted by Crippen LogP contribution is -1.93. The Kier molecular flexibility index (Phi) is 1.89. The molecule has 1 aromatic carbocycles. The minimum absolute atomic E-state index is 0.269. The summed E-state index contributed by atoms with van der Waals surface area (Å²) < 4.78 is 10.5. The summed E-state index contributed by atoms with van der Waals surface area (Å²) in [6.45, 7) is 0.269. The molecule has 1 aliphatic rings. The van der Waals surface area contributed by atoms with Gasteiger partial charge in [0.25, 0.3) is 0 Å². The number of nitrogens with zero attached hydrogens (tertiary/aromatic N) is 2. The molecule has 16 heavy (non-hydrogen) atoms. The summed E-state index contributed by atoms with van der Waals surface area (Å²) in [5.74, 6) is 1.93. The van der Waals surface area contributed by atoms with E-state index in [0.29, 0.717) is 5.82 Å². The minimum Gasteiger partial charge on any atom is -0.454 e. The van der Waals surface area contributed by atoms with Gasteiger partial charge in [-0.2, -0.15) is 0 Å². The van der Waals surface area contributed by atoms with E-state index in [1.807, 2.05) is 18.2 Å². The van der Waals surface area contributed by atoms with E-state index in [-0.39, 0.29) is 6.79 Å². The summed E-state index contributed by atoms with van der Waals surface area (Å²) in [5.41, 5.74) is 7.30. The third kappa shape index (κ3) is 1.42. The maximum atomic E-state index is 5.60. The fourth-order valence-corrected chi connectivity index (χ4v) is 1.59. The molecule has 0 atom stereocenters. The Morgan fingerprint density at radius 3 is 2.81 bits per heavy atom. The fourth-order valence-electron chi connectivity index (χ4n) is 1.59. The monoisotopic (exact) mass is 215 g/mol. The normalized spacial score (nSPS) is 12.8. The van der Waals surface area contributed by atoms with Crippen LogP contribution in [-0.2, 0) is 0 Å². The summed E-state index contributed by atoms with van der Waals surface area (Å²) >= 11 is 0. The molecule has 0 fully saturated rings. The maximum absolute atomic E-state index is 5.60. The highest BCUT2D eigenvalue weighted by Crippen LogP contribution is 2.35. The van der Waals surface area contributed by atoms with Crippen molar-refractivity contribution < 1.29 is 9.47 Å². The predicted octanol–water partition coefficient (Wildman–Crippen LogP) is 1.45. The van der Waals surface area contributed by atoms with Gasteiger partial charge in [0.2, 0.25) is 6.79 Å². The average molecular weight is 215 g/mol. The van der Waals surface area contributed by atoms with Crippen molar-refractivity contribution in [2.75, 3.05) is 12.5 Å². The second-order valence-electron chi connectivity index (χ2n) is 3.40. The number of anilines is 1. The Hall–Kier alpha value is -2.30. The molecule has 0 aliphatic carbocycles. The Bertz CT molecular complexity index is 543. The van der Waals surface area contributed by atoms with Gasteiger partial charge in [0.15, 0.2) is 11.5 Å². The van der Waals surface area contributed by atoms with E-state index in [0.717, 1.165) is 22.8 Å². The van der Waals surface area contributed by atoms with Crippen molar-refractivity contribution in [2.45, 2.75) is 0 Å². The first-order chi connectivity index (χ1) is 7.83. The molecule has 0 unspecified atom stereocenters. The van der Waals surface area contributed by atoms with Crippen LogP contribution in [-0.4, -0.2) is 16.8 Å². The molecule has 2 heterocycles. The van der Waals surface area contributed by atoms with Crippen molar-refractivity contribution >= 4 is 5.82 Å². The number of hydrogen-bond donors (Lipinski definition) is 1. The van der Waals surface area contributed by atoms with Gasteiger partial charge in [-0.3, -0.25) is 0 Å². The van der Waals surface area contributed by atoms with E-state index in [1.54, 1.807) is 6.07 Å². The van der Waals surface area contributed by atoms with Crippen LogP contribution in [0.2, 0.25) is 0 Å². The van der Waals surface area contributed by atoms with Gasteiger partial charge in [0.1, 0.15) is 12.1 Å². The Morgan fingerprint density at radius 1 is 1.06 bits per heavy atom. The van der Waals surface area contributed by atoms with Gasteiger partial charge in [0, 0.05) is 11.6 Å². The quantitative estimate of drug-likeness (QED) is 0.779. The van der Waals surface area contributed by atoms with E-state index < -0.39 is 0 Å². The van der Waals surface area contributed by atoms with Crippen LogP contribution < -0.4 is 15.2 Å². The van der Waals surface area contributed by atoms with Crippen LogP contribution >= 0.6 is 0 Å². The molecule has 2 aromatic rings. The lowest BCUT2D eigenvalue weighted by atomic mass is 10.1. The molecule has 80 valence electrons. The van der Waals surface area contributed by atoms with Crippen molar-refractivity contribution in [2.24, 2.45) is 0 Å². The largest absolute Gasteiger partial charge is 0.454 e. The van der Waals surface area contributed by atoms with E-state index in [9.17, 15) is 0 Å². The van der Waals surface area contributed by atoms with Crippen molar-refractivity contribution in [1.29, 1.82) is 0 Å². The molecule has 1 aromatic heterocycles. The third-order valence-electron chi connectivity index (χ3n) is 2.36. The van der Waals surface area contributed by atoms with Gasteiger partial charge in [-0.25, -0.2) is 9.97 Å². The fraction of sp³-hybridized carbons (Fsp3) is 0.0909. The zero-order valence-electron chi connectivity index (χ0n) is 8.38. The SMILES string of the molecule is Nc1cc(-c2ccc3c(c2)OCO3)ncn1. The number of nitrogen functional groups attached to an aromatic ring is 1. The first-order valence-electron chi connectivity index (χ1n) is 4.80. The Balaban J connectivity index is 2.07. The number of ether oxygens (including phenoxy) is 2. The van der Waals surface area contributed by atoms with Gasteiger partial charge >= 0.3 is 0 Å². The highest BCUT2D eigenvalue weighted by Gasteiger charge is 2.14. The standard InChI is InChI=1S/C11H9N3O2/c12-11-4-8(13-5-14-11)7-1-2-9-10(3-7)16-6-15-9/h1-5H,6H2,(H2,12,13,14). The number of rotatable bonds is 1. The maximum Gasteiger partial charge on any atom is 0.231 e. The first kappa shape index (κ1) is 8.96. The van der Waals surface area contributed by atoms with Crippen LogP contribution in [0.5, 0.6) is 11.5 Å². The summed E-state index contributed by atoms with van der Waals surface area (Å²) in [6.07, 6.45) is 1.44. The van der Waals surface area contributed by atoms with Crippen LogP contribution in [0.4, 0.5) is 5.82 Å². The van der Waals surface area contributed by atoms with Crippen molar-refractivity contribution in [3.63, 3.8) is 0 Å². The van der Waals surface area contributed by atoms with Crippen LogP contribution in [0.1, 0.15) is 0 Å². The summed E-state index contributed by atoms with van der Waals surface area (Å²) in [5, 5.41) is 0. The number of nitrogens with two attached hydrogens (primary N) is 1. The van der Waals surface area contributed by atoms with E-state index in [4.69, 9.17) is 15.2 Å². The molecule has 5 nitrogen and oxygen atoms in total. The Labute approximate surface area is 91.9 Å². The summed E-state index contributed by atoms with van der Waals surface area (Å²) in [4.78, 5) is 8.00. The summed E-state index contributed by atoms with van der Waals surface area (Å²) in [6, 6.07) is 7.37.